The van der Waals surface area contributed by atoms with Crippen LogP contribution in [0.1, 0.15) is 11.1 Å². The van der Waals surface area contributed by atoms with Gasteiger partial charge in [-0.1, -0.05) is 65.4 Å². The lowest BCUT2D eigenvalue weighted by atomic mass is 10.2. The molecule has 0 N–H and O–H groups in total. The SMILES string of the molecule is CN(C)c1ccc(N2C(=O)/C(=C\c3cccc(OCc4ccc(Cl)cc4Cl)c3)SC2=S)cc1. The van der Waals surface area contributed by atoms with Crippen molar-refractivity contribution in [2.45, 2.75) is 6.61 Å². The van der Waals surface area contributed by atoms with Crippen LogP contribution in [-0.2, 0) is 11.4 Å². The second kappa shape index (κ2) is 10.2. The Morgan fingerprint density at radius 1 is 1.06 bits per heavy atom. The number of anilines is 2. The third kappa shape index (κ3) is 5.53. The number of carbonyl (C=O) groups excluding carboxylic acids is 1. The highest BCUT2D eigenvalue weighted by atomic mass is 35.5. The third-order valence-corrected chi connectivity index (χ3v) is 6.87. The van der Waals surface area contributed by atoms with Gasteiger partial charge in [0.1, 0.15) is 12.4 Å². The molecule has 1 heterocycles. The van der Waals surface area contributed by atoms with Crippen molar-refractivity contribution in [2.75, 3.05) is 23.9 Å². The Labute approximate surface area is 212 Å². The molecule has 1 fully saturated rings. The molecule has 4 nitrogen and oxygen atoms in total. The molecule has 0 aromatic heterocycles. The number of hydrogen-bond acceptors (Lipinski definition) is 5. The van der Waals surface area contributed by atoms with Crippen molar-refractivity contribution in [3.63, 3.8) is 0 Å². The van der Waals surface area contributed by atoms with Gasteiger partial charge >= 0.3 is 0 Å². The van der Waals surface area contributed by atoms with Crippen molar-refractivity contribution >= 4 is 74.9 Å². The summed E-state index contributed by atoms with van der Waals surface area (Å²) in [5.74, 6) is 0.534. The molecular formula is C25H20Cl2N2O2S2. The van der Waals surface area contributed by atoms with Gasteiger partial charge in [0.15, 0.2) is 4.32 Å². The van der Waals surface area contributed by atoms with Crippen LogP contribution < -0.4 is 14.5 Å². The van der Waals surface area contributed by atoms with E-state index in [4.69, 9.17) is 40.2 Å². The molecule has 0 aliphatic carbocycles. The number of carbonyl (C=O) groups is 1. The molecule has 0 spiro atoms. The predicted octanol–water partition coefficient (Wildman–Crippen LogP) is 7.04. The van der Waals surface area contributed by atoms with E-state index in [-0.39, 0.29) is 5.91 Å². The van der Waals surface area contributed by atoms with Crippen molar-refractivity contribution in [1.82, 2.24) is 0 Å². The summed E-state index contributed by atoms with van der Waals surface area (Å²) in [4.78, 5) is 17.2. The maximum Gasteiger partial charge on any atom is 0.270 e. The molecule has 8 heteroatoms. The van der Waals surface area contributed by atoms with Crippen molar-refractivity contribution < 1.29 is 9.53 Å². The molecule has 4 rings (SSSR count). The fourth-order valence-electron chi connectivity index (χ4n) is 3.24. The quantitative estimate of drug-likeness (QED) is 0.260. The second-order valence-electron chi connectivity index (χ2n) is 7.52. The molecule has 3 aromatic rings. The van der Waals surface area contributed by atoms with Crippen LogP contribution in [0.4, 0.5) is 11.4 Å². The number of nitrogens with zero attached hydrogens (tertiary/aromatic N) is 2. The van der Waals surface area contributed by atoms with Crippen LogP contribution in [0.15, 0.2) is 71.6 Å². The van der Waals surface area contributed by atoms with E-state index in [1.807, 2.05) is 79.7 Å². The first-order valence-corrected chi connectivity index (χ1v) is 12.0. The Kier molecular flexibility index (Phi) is 7.29. The normalized spacial score (nSPS) is 14.8. The topological polar surface area (TPSA) is 32.8 Å². The van der Waals surface area contributed by atoms with Crippen molar-refractivity contribution in [3.8, 4) is 5.75 Å². The maximum absolute atomic E-state index is 13.1. The smallest absolute Gasteiger partial charge is 0.270 e. The van der Waals surface area contributed by atoms with Crippen LogP contribution in [-0.4, -0.2) is 24.3 Å². The van der Waals surface area contributed by atoms with Gasteiger partial charge in [-0.25, -0.2) is 0 Å². The third-order valence-electron chi connectivity index (χ3n) is 4.98. The zero-order chi connectivity index (χ0) is 23.5. The first-order chi connectivity index (χ1) is 15.8. The molecular weight excluding hydrogens is 495 g/mol. The van der Waals surface area contributed by atoms with Crippen molar-refractivity contribution in [2.24, 2.45) is 0 Å². The van der Waals surface area contributed by atoms with E-state index >= 15 is 0 Å². The summed E-state index contributed by atoms with van der Waals surface area (Å²) in [5.41, 5.74) is 3.49. The molecule has 0 unspecified atom stereocenters. The number of thiocarbonyl (C=S) groups is 1. The van der Waals surface area contributed by atoms with Gasteiger partial charge in [0, 0.05) is 35.4 Å². The van der Waals surface area contributed by atoms with Gasteiger partial charge in [0.05, 0.1) is 10.6 Å². The monoisotopic (exact) mass is 514 g/mol. The largest absolute Gasteiger partial charge is 0.489 e. The molecule has 168 valence electrons. The first kappa shape index (κ1) is 23.6. The van der Waals surface area contributed by atoms with Gasteiger partial charge in [-0.2, -0.15) is 0 Å². The number of benzene rings is 3. The Hall–Kier alpha value is -2.51. The molecule has 0 radical (unpaired) electrons. The van der Waals surface area contributed by atoms with Gasteiger partial charge in [-0.3, -0.25) is 9.69 Å². The number of ether oxygens (including phenoxy) is 1. The summed E-state index contributed by atoms with van der Waals surface area (Å²) in [6, 6.07) is 20.6. The van der Waals surface area contributed by atoms with Crippen molar-refractivity contribution in [1.29, 1.82) is 0 Å². The molecule has 1 aliphatic rings. The molecule has 0 bridgehead atoms. The number of halogens is 2. The molecule has 1 saturated heterocycles. The van der Waals surface area contributed by atoms with Gasteiger partial charge in [-0.15, -0.1) is 0 Å². The van der Waals surface area contributed by atoms with Crippen LogP contribution in [0.5, 0.6) is 5.75 Å². The lowest BCUT2D eigenvalue weighted by Crippen LogP contribution is -2.27. The Morgan fingerprint density at radius 2 is 1.82 bits per heavy atom. The van der Waals surface area contributed by atoms with E-state index in [0.717, 1.165) is 22.5 Å². The standard InChI is InChI=1S/C25H20Cl2N2O2S2/c1-28(2)19-8-10-20(11-9-19)29-24(30)23(33-25(29)32)13-16-4-3-5-21(12-16)31-15-17-6-7-18(26)14-22(17)27/h3-14H,15H2,1-2H3/b23-13+. The van der Waals surface area contributed by atoms with Crippen molar-refractivity contribution in [3.05, 3.63) is 92.8 Å². The zero-order valence-corrected chi connectivity index (χ0v) is 21.1. The van der Waals surface area contributed by atoms with Crippen LogP contribution in [0.3, 0.4) is 0 Å². The van der Waals surface area contributed by atoms with Gasteiger partial charge in [-0.05, 0) is 60.2 Å². The lowest BCUT2D eigenvalue weighted by Gasteiger charge is -2.17. The Balaban J connectivity index is 1.49. The number of rotatable bonds is 6. The second-order valence-corrected chi connectivity index (χ2v) is 10.0. The van der Waals surface area contributed by atoms with E-state index < -0.39 is 0 Å². The van der Waals surface area contributed by atoms with Crippen LogP contribution in [0, 0.1) is 0 Å². The van der Waals surface area contributed by atoms with E-state index in [1.54, 1.807) is 17.0 Å². The molecule has 1 aliphatic heterocycles. The first-order valence-electron chi connectivity index (χ1n) is 10.0. The number of amides is 1. The molecule has 33 heavy (non-hydrogen) atoms. The van der Waals surface area contributed by atoms with E-state index in [0.29, 0.717) is 31.6 Å². The fraction of sp³-hybridized carbons (Fsp3) is 0.120. The summed E-state index contributed by atoms with van der Waals surface area (Å²) in [7, 11) is 3.94. The highest BCUT2D eigenvalue weighted by Crippen LogP contribution is 2.36. The number of thioether (sulfide) groups is 1. The lowest BCUT2D eigenvalue weighted by molar-refractivity contribution is -0.113. The van der Waals surface area contributed by atoms with E-state index in [1.165, 1.54) is 11.8 Å². The highest BCUT2D eigenvalue weighted by Gasteiger charge is 2.33. The van der Waals surface area contributed by atoms with Crippen LogP contribution in [0.25, 0.3) is 6.08 Å². The molecule has 1 amide bonds. The summed E-state index contributed by atoms with van der Waals surface area (Å²) in [6.07, 6.45) is 1.83. The Morgan fingerprint density at radius 3 is 2.52 bits per heavy atom. The predicted molar refractivity (Wildman–Crippen MR) is 144 cm³/mol. The van der Waals surface area contributed by atoms with Crippen LogP contribution >= 0.6 is 47.2 Å². The zero-order valence-electron chi connectivity index (χ0n) is 17.9. The minimum absolute atomic E-state index is 0.137. The molecule has 0 atom stereocenters. The highest BCUT2D eigenvalue weighted by molar-refractivity contribution is 8.27. The summed E-state index contributed by atoms with van der Waals surface area (Å²) in [5, 5.41) is 1.14. The van der Waals surface area contributed by atoms with Gasteiger partial charge < -0.3 is 9.64 Å². The average Bonchev–Trinajstić information content (AvgIpc) is 3.06. The van der Waals surface area contributed by atoms with E-state index in [2.05, 4.69) is 0 Å². The van der Waals surface area contributed by atoms with Gasteiger partial charge in [0.25, 0.3) is 5.91 Å². The summed E-state index contributed by atoms with van der Waals surface area (Å²) in [6.45, 7) is 0.310. The number of hydrogen-bond donors (Lipinski definition) is 0. The summed E-state index contributed by atoms with van der Waals surface area (Å²) >= 11 is 19.0. The Bertz CT molecular complexity index is 1240. The average molecular weight is 515 g/mol. The van der Waals surface area contributed by atoms with Crippen LogP contribution in [0.2, 0.25) is 10.0 Å². The van der Waals surface area contributed by atoms with Gasteiger partial charge in [0.2, 0.25) is 0 Å². The molecule has 0 saturated carbocycles. The minimum atomic E-state index is -0.137. The maximum atomic E-state index is 13.1. The molecule has 3 aromatic carbocycles. The minimum Gasteiger partial charge on any atom is -0.489 e. The van der Waals surface area contributed by atoms with E-state index in [9.17, 15) is 4.79 Å². The fourth-order valence-corrected chi connectivity index (χ4v) is 5.00. The summed E-state index contributed by atoms with van der Waals surface area (Å²) < 4.78 is 6.41.